The largest absolute Gasteiger partial charge is 0.363 e. The number of fused-ring (bicyclic) bond motifs is 1. The summed E-state index contributed by atoms with van der Waals surface area (Å²) < 4.78 is 40.9. The monoisotopic (exact) mass is 446 g/mol. The van der Waals surface area contributed by atoms with Gasteiger partial charge in [0.1, 0.15) is 23.3 Å². The van der Waals surface area contributed by atoms with Crippen molar-refractivity contribution in [2.45, 2.75) is 26.3 Å². The van der Waals surface area contributed by atoms with Gasteiger partial charge in [-0.05, 0) is 19.9 Å². The van der Waals surface area contributed by atoms with E-state index in [1.54, 1.807) is 53.0 Å². The first-order valence-electron chi connectivity index (χ1n) is 9.92. The summed E-state index contributed by atoms with van der Waals surface area (Å²) in [5, 5.41) is 3.54. The zero-order chi connectivity index (χ0) is 23.7. The predicted octanol–water partition coefficient (Wildman–Crippen LogP) is 4.35. The number of hydrogen-bond donors (Lipinski definition) is 1. The van der Waals surface area contributed by atoms with Crippen molar-refractivity contribution in [3.8, 4) is 0 Å². The number of benzene rings is 1. The van der Waals surface area contributed by atoms with Crippen LogP contribution in [0.5, 0.6) is 0 Å². The maximum absolute atomic E-state index is 14.6. The molecule has 7 nitrogen and oxygen atoms in total. The molecule has 0 aliphatic heterocycles. The second-order valence-corrected chi connectivity index (χ2v) is 7.86. The SMILES string of the molecule is Cc1nc(N[C@H](C)c2cccc(C(F)F)c2F)c2cc(C(=O)N(C)C)c(N(C)C)nc2n1. The lowest BCUT2D eigenvalue weighted by Gasteiger charge is -2.21. The van der Waals surface area contributed by atoms with Gasteiger partial charge in [0.05, 0.1) is 22.6 Å². The van der Waals surface area contributed by atoms with E-state index in [0.717, 1.165) is 6.07 Å². The third-order valence-corrected chi connectivity index (χ3v) is 4.95. The molecule has 1 amide bonds. The summed E-state index contributed by atoms with van der Waals surface area (Å²) in [7, 11) is 6.82. The van der Waals surface area contributed by atoms with Gasteiger partial charge in [-0.15, -0.1) is 0 Å². The molecule has 0 saturated heterocycles. The molecule has 1 atom stereocenters. The van der Waals surface area contributed by atoms with E-state index in [1.165, 1.54) is 17.0 Å². The van der Waals surface area contributed by atoms with E-state index in [0.29, 0.717) is 34.1 Å². The minimum Gasteiger partial charge on any atom is -0.363 e. The first-order chi connectivity index (χ1) is 15.0. The molecule has 170 valence electrons. The molecule has 0 fully saturated rings. The lowest BCUT2D eigenvalue weighted by atomic mass is 10.0. The number of alkyl halides is 2. The van der Waals surface area contributed by atoms with Crippen LogP contribution in [0.3, 0.4) is 0 Å². The van der Waals surface area contributed by atoms with Crippen LogP contribution < -0.4 is 10.2 Å². The van der Waals surface area contributed by atoms with Gasteiger partial charge in [0.25, 0.3) is 12.3 Å². The fourth-order valence-electron chi connectivity index (χ4n) is 3.36. The minimum absolute atomic E-state index is 0.0784. The molecule has 0 aliphatic rings. The fraction of sp³-hybridized carbons (Fsp3) is 0.364. The summed E-state index contributed by atoms with van der Waals surface area (Å²) >= 11 is 0. The molecular formula is C22H25F3N6O. The number of aryl methyl sites for hydroxylation is 1. The van der Waals surface area contributed by atoms with E-state index < -0.39 is 23.8 Å². The highest BCUT2D eigenvalue weighted by atomic mass is 19.3. The van der Waals surface area contributed by atoms with Crippen molar-refractivity contribution in [3.63, 3.8) is 0 Å². The number of carbonyl (C=O) groups is 1. The number of hydrogen-bond acceptors (Lipinski definition) is 6. The maximum Gasteiger partial charge on any atom is 0.266 e. The highest BCUT2D eigenvalue weighted by Gasteiger charge is 2.23. The molecule has 10 heteroatoms. The second-order valence-electron chi connectivity index (χ2n) is 7.86. The van der Waals surface area contributed by atoms with Gasteiger partial charge in [0.15, 0.2) is 5.65 Å². The van der Waals surface area contributed by atoms with E-state index >= 15 is 0 Å². The number of amides is 1. The predicted molar refractivity (Wildman–Crippen MR) is 118 cm³/mol. The van der Waals surface area contributed by atoms with Crippen LogP contribution in [0.1, 0.15) is 46.7 Å². The third-order valence-electron chi connectivity index (χ3n) is 4.95. The van der Waals surface area contributed by atoms with Crippen molar-refractivity contribution in [2.24, 2.45) is 0 Å². The van der Waals surface area contributed by atoms with Crippen LogP contribution in [0.4, 0.5) is 24.8 Å². The Balaban J connectivity index is 2.13. The van der Waals surface area contributed by atoms with Crippen molar-refractivity contribution in [2.75, 3.05) is 38.4 Å². The van der Waals surface area contributed by atoms with Gasteiger partial charge in [0, 0.05) is 33.8 Å². The summed E-state index contributed by atoms with van der Waals surface area (Å²) in [4.78, 5) is 29.2. The zero-order valence-corrected chi connectivity index (χ0v) is 18.7. The highest BCUT2D eigenvalue weighted by molar-refractivity contribution is 6.03. The molecule has 32 heavy (non-hydrogen) atoms. The lowest BCUT2D eigenvalue weighted by Crippen LogP contribution is -2.25. The van der Waals surface area contributed by atoms with E-state index in [2.05, 4.69) is 20.3 Å². The van der Waals surface area contributed by atoms with Crippen LogP contribution in [0.2, 0.25) is 0 Å². The number of aromatic nitrogens is 3. The van der Waals surface area contributed by atoms with Gasteiger partial charge < -0.3 is 15.1 Å². The first kappa shape index (κ1) is 23.2. The summed E-state index contributed by atoms with van der Waals surface area (Å²) in [5.41, 5.74) is 0.125. The minimum atomic E-state index is -2.92. The van der Waals surface area contributed by atoms with Crippen molar-refractivity contribution >= 4 is 28.6 Å². The molecule has 3 rings (SSSR count). The van der Waals surface area contributed by atoms with Crippen LogP contribution >= 0.6 is 0 Å². The Bertz CT molecular complexity index is 1170. The van der Waals surface area contributed by atoms with Crippen LogP contribution in [-0.2, 0) is 0 Å². The van der Waals surface area contributed by atoms with Gasteiger partial charge in [-0.2, -0.15) is 0 Å². The average molecular weight is 446 g/mol. The zero-order valence-electron chi connectivity index (χ0n) is 18.7. The number of anilines is 2. The summed E-state index contributed by atoms with van der Waals surface area (Å²) in [5.74, 6) is -0.0261. The van der Waals surface area contributed by atoms with Gasteiger partial charge >= 0.3 is 0 Å². The molecule has 0 saturated carbocycles. The summed E-state index contributed by atoms with van der Waals surface area (Å²) in [6.07, 6.45) is -2.92. The van der Waals surface area contributed by atoms with Crippen LogP contribution in [-0.4, -0.2) is 53.9 Å². The Morgan fingerprint density at radius 1 is 1.06 bits per heavy atom. The quantitative estimate of drug-likeness (QED) is 0.607. The second kappa shape index (κ2) is 8.97. The van der Waals surface area contributed by atoms with Crippen molar-refractivity contribution in [1.29, 1.82) is 0 Å². The summed E-state index contributed by atoms with van der Waals surface area (Å²) in [6.45, 7) is 3.33. The summed E-state index contributed by atoms with van der Waals surface area (Å²) in [6, 6.07) is 4.85. The highest BCUT2D eigenvalue weighted by Crippen LogP contribution is 2.31. The van der Waals surface area contributed by atoms with Crippen LogP contribution in [0.25, 0.3) is 11.0 Å². The number of halogens is 3. The van der Waals surface area contributed by atoms with E-state index in [-0.39, 0.29) is 11.5 Å². The number of nitrogens with zero attached hydrogens (tertiary/aromatic N) is 5. The van der Waals surface area contributed by atoms with Crippen LogP contribution in [0.15, 0.2) is 24.3 Å². The molecule has 0 bridgehead atoms. The molecule has 0 unspecified atom stereocenters. The lowest BCUT2D eigenvalue weighted by molar-refractivity contribution is 0.0828. The number of pyridine rings is 1. The van der Waals surface area contributed by atoms with Crippen molar-refractivity contribution in [3.05, 3.63) is 52.6 Å². The Kier molecular flexibility index (Phi) is 6.52. The molecule has 0 aliphatic carbocycles. The molecule has 1 N–H and O–H groups in total. The normalized spacial score (nSPS) is 12.2. The fourth-order valence-corrected chi connectivity index (χ4v) is 3.36. The van der Waals surface area contributed by atoms with E-state index in [9.17, 15) is 18.0 Å². The molecule has 2 heterocycles. The molecule has 0 radical (unpaired) electrons. The molecule has 3 aromatic rings. The Labute approximate surface area is 184 Å². The van der Waals surface area contributed by atoms with Crippen LogP contribution in [0, 0.1) is 12.7 Å². The smallest absolute Gasteiger partial charge is 0.266 e. The molecular weight excluding hydrogens is 421 g/mol. The standard InChI is InChI=1S/C22H25F3N6O/c1-11(13-8-7-9-14(17(13)23)18(24)25)26-19-15-10-16(22(32)31(5)6)21(30(3)4)29-20(15)28-12(2)27-19/h7-11,18H,1-6H3,(H,26,27,28,29)/t11-/m1/s1. The maximum atomic E-state index is 14.6. The van der Waals surface area contributed by atoms with Gasteiger partial charge in [-0.1, -0.05) is 18.2 Å². The number of nitrogens with one attached hydrogen (secondary N) is 1. The average Bonchev–Trinajstić information content (AvgIpc) is 2.71. The van der Waals surface area contributed by atoms with E-state index in [4.69, 9.17) is 0 Å². The van der Waals surface area contributed by atoms with Crippen molar-refractivity contribution in [1.82, 2.24) is 19.9 Å². The topological polar surface area (TPSA) is 74.2 Å². The molecule has 2 aromatic heterocycles. The van der Waals surface area contributed by atoms with Gasteiger partial charge in [-0.25, -0.2) is 28.1 Å². The van der Waals surface area contributed by atoms with Gasteiger partial charge in [0.2, 0.25) is 0 Å². The Morgan fingerprint density at radius 2 is 1.72 bits per heavy atom. The number of carbonyl (C=O) groups excluding carboxylic acids is 1. The first-order valence-corrected chi connectivity index (χ1v) is 9.92. The van der Waals surface area contributed by atoms with Gasteiger partial charge in [-0.3, -0.25) is 4.79 Å². The van der Waals surface area contributed by atoms with E-state index in [1.807, 2.05) is 0 Å². The Morgan fingerprint density at radius 3 is 2.31 bits per heavy atom. The van der Waals surface area contributed by atoms with Crippen molar-refractivity contribution < 1.29 is 18.0 Å². The molecule has 0 spiro atoms. The Hall–Kier alpha value is -3.43. The third kappa shape index (κ3) is 4.44. The molecule has 1 aromatic carbocycles. The number of rotatable bonds is 6.